The Morgan fingerprint density at radius 1 is 0.739 bits per heavy atom. The predicted octanol–water partition coefficient (Wildman–Crippen LogP) is 7.08. The summed E-state index contributed by atoms with van der Waals surface area (Å²) in [5.74, 6) is 5.01. The molecule has 0 aliphatic heterocycles. The first kappa shape index (κ1) is 16.5. The average molecular weight is 317 g/mol. The first-order chi connectivity index (χ1) is 10.8. The van der Waals surface area contributed by atoms with Crippen LogP contribution in [0.4, 0.5) is 0 Å². The summed E-state index contributed by atoms with van der Waals surface area (Å²) in [5.41, 5.74) is 1.92. The lowest BCUT2D eigenvalue weighted by Crippen LogP contribution is -2.51. The van der Waals surface area contributed by atoms with Crippen LogP contribution in [0, 0.1) is 45.8 Å². The van der Waals surface area contributed by atoms with Crippen LogP contribution in [0.25, 0.3) is 0 Å². The zero-order chi connectivity index (χ0) is 16.5. The third-order valence-electron chi connectivity index (χ3n) is 9.82. The second kappa shape index (κ2) is 5.25. The monoisotopic (exact) mass is 316 g/mol. The van der Waals surface area contributed by atoms with Crippen molar-refractivity contribution in [3.8, 4) is 0 Å². The first-order valence-electron chi connectivity index (χ1n) is 10.8. The summed E-state index contributed by atoms with van der Waals surface area (Å²) >= 11 is 0. The summed E-state index contributed by atoms with van der Waals surface area (Å²) in [5, 5.41) is 0. The van der Waals surface area contributed by atoms with Crippen LogP contribution >= 0.6 is 0 Å². The second-order valence-electron chi connectivity index (χ2n) is 11.3. The van der Waals surface area contributed by atoms with Crippen LogP contribution in [-0.4, -0.2) is 0 Å². The number of fused-ring (bicyclic) bond motifs is 3. The van der Waals surface area contributed by atoms with Gasteiger partial charge in [-0.15, -0.1) is 0 Å². The van der Waals surface area contributed by atoms with Crippen molar-refractivity contribution in [3.05, 3.63) is 0 Å². The highest BCUT2D eigenvalue weighted by Gasteiger charge is 2.58. The zero-order valence-corrected chi connectivity index (χ0v) is 16.5. The molecular formula is C23H40. The maximum atomic E-state index is 2.71. The van der Waals surface area contributed by atoms with Gasteiger partial charge in [0.1, 0.15) is 0 Å². The van der Waals surface area contributed by atoms with Gasteiger partial charge in [0, 0.05) is 0 Å². The normalized spacial score (nSPS) is 53.1. The van der Waals surface area contributed by atoms with Crippen molar-refractivity contribution in [2.75, 3.05) is 0 Å². The Hall–Kier alpha value is 0. The molecule has 0 heterocycles. The highest BCUT2D eigenvalue weighted by molar-refractivity contribution is 5.07. The Balaban J connectivity index is 1.70. The quantitative estimate of drug-likeness (QED) is 0.485. The predicted molar refractivity (Wildman–Crippen MR) is 99.3 cm³/mol. The summed E-state index contributed by atoms with van der Waals surface area (Å²) in [6.45, 7) is 13.2. The first-order valence-corrected chi connectivity index (χ1v) is 10.8. The van der Waals surface area contributed by atoms with Crippen LogP contribution in [0.3, 0.4) is 0 Å². The summed E-state index contributed by atoms with van der Waals surface area (Å²) in [7, 11) is 0. The van der Waals surface area contributed by atoms with E-state index in [9.17, 15) is 0 Å². The fraction of sp³-hybridized carbons (Fsp3) is 1.00. The van der Waals surface area contributed by atoms with E-state index in [0.717, 1.165) is 29.6 Å². The Morgan fingerprint density at radius 2 is 1.43 bits per heavy atom. The van der Waals surface area contributed by atoms with Gasteiger partial charge in [0.2, 0.25) is 0 Å². The molecule has 4 fully saturated rings. The molecule has 0 nitrogen and oxygen atoms in total. The Bertz CT molecular complexity index is 459. The summed E-state index contributed by atoms with van der Waals surface area (Å²) in [6.07, 6.45) is 15.2. The molecule has 0 N–H and O–H groups in total. The van der Waals surface area contributed by atoms with Crippen molar-refractivity contribution < 1.29 is 0 Å². The Labute approximate surface area is 145 Å². The van der Waals surface area contributed by atoms with Crippen molar-refractivity contribution >= 4 is 0 Å². The van der Waals surface area contributed by atoms with Crippen molar-refractivity contribution in [2.45, 2.75) is 98.8 Å². The largest absolute Gasteiger partial charge is 0.0622 e. The van der Waals surface area contributed by atoms with Gasteiger partial charge in [-0.2, -0.15) is 0 Å². The summed E-state index contributed by atoms with van der Waals surface area (Å²) in [6, 6.07) is 0. The molecule has 0 spiro atoms. The molecule has 2 bridgehead atoms. The minimum absolute atomic E-state index is 0.584. The Morgan fingerprint density at radius 3 is 2.13 bits per heavy atom. The van der Waals surface area contributed by atoms with Gasteiger partial charge in [-0.05, 0) is 97.2 Å². The maximum Gasteiger partial charge on any atom is -0.0264 e. The lowest BCUT2D eigenvalue weighted by Gasteiger charge is -2.60. The molecule has 0 unspecified atom stereocenters. The van der Waals surface area contributed by atoms with E-state index in [1.165, 1.54) is 57.8 Å². The second-order valence-corrected chi connectivity index (χ2v) is 11.3. The molecule has 0 aromatic rings. The summed E-state index contributed by atoms with van der Waals surface area (Å²) < 4.78 is 0. The minimum Gasteiger partial charge on any atom is -0.0622 e. The fourth-order valence-corrected chi connectivity index (χ4v) is 8.02. The van der Waals surface area contributed by atoms with E-state index < -0.39 is 0 Å². The standard InChI is InChI=1S/C23H40/c1-16-7-8-18-15-20-22(4,14-11-19(16)21(18,2)3)12-6-13-23(20,5)17-9-10-17/h16-20H,6-15H2,1-5H3/t16-,18+,19+,20+,22+,23-/m1/s1. The third-order valence-corrected chi connectivity index (χ3v) is 9.82. The minimum atomic E-state index is 0.584. The highest BCUT2D eigenvalue weighted by Crippen LogP contribution is 2.67. The van der Waals surface area contributed by atoms with Crippen LogP contribution in [0.5, 0.6) is 0 Å². The zero-order valence-electron chi connectivity index (χ0n) is 16.5. The molecule has 4 saturated carbocycles. The number of hydrogen-bond donors (Lipinski definition) is 0. The lowest BCUT2D eigenvalue weighted by atomic mass is 9.45. The third kappa shape index (κ3) is 2.44. The van der Waals surface area contributed by atoms with Crippen LogP contribution in [0.1, 0.15) is 98.8 Å². The number of hydrogen-bond acceptors (Lipinski definition) is 0. The molecule has 0 aromatic carbocycles. The fourth-order valence-electron chi connectivity index (χ4n) is 8.02. The van der Waals surface area contributed by atoms with Crippen molar-refractivity contribution in [1.29, 1.82) is 0 Å². The van der Waals surface area contributed by atoms with Gasteiger partial charge < -0.3 is 0 Å². The van der Waals surface area contributed by atoms with E-state index in [1.54, 1.807) is 6.42 Å². The molecule has 0 aromatic heterocycles. The van der Waals surface area contributed by atoms with E-state index in [2.05, 4.69) is 34.6 Å². The molecule has 6 atom stereocenters. The van der Waals surface area contributed by atoms with Gasteiger partial charge in [-0.1, -0.05) is 47.5 Å². The molecule has 0 radical (unpaired) electrons. The Kier molecular flexibility index (Phi) is 3.76. The molecule has 4 aliphatic carbocycles. The van der Waals surface area contributed by atoms with Gasteiger partial charge in [0.05, 0.1) is 0 Å². The molecule has 4 aliphatic rings. The van der Waals surface area contributed by atoms with Crippen molar-refractivity contribution in [1.82, 2.24) is 0 Å². The van der Waals surface area contributed by atoms with Crippen LogP contribution in [0.15, 0.2) is 0 Å². The van der Waals surface area contributed by atoms with Gasteiger partial charge in [0.15, 0.2) is 0 Å². The van der Waals surface area contributed by atoms with Gasteiger partial charge in [-0.3, -0.25) is 0 Å². The van der Waals surface area contributed by atoms with E-state index in [0.29, 0.717) is 16.2 Å². The van der Waals surface area contributed by atoms with Gasteiger partial charge in [-0.25, -0.2) is 0 Å². The molecule has 23 heavy (non-hydrogen) atoms. The van der Waals surface area contributed by atoms with E-state index in [4.69, 9.17) is 0 Å². The highest BCUT2D eigenvalue weighted by atomic mass is 14.6. The molecule has 0 amide bonds. The topological polar surface area (TPSA) is 0 Å². The van der Waals surface area contributed by atoms with Crippen LogP contribution in [-0.2, 0) is 0 Å². The smallest absolute Gasteiger partial charge is 0.0264 e. The van der Waals surface area contributed by atoms with E-state index >= 15 is 0 Å². The molecule has 0 heteroatoms. The molecule has 4 rings (SSSR count). The maximum absolute atomic E-state index is 2.71. The van der Waals surface area contributed by atoms with Crippen molar-refractivity contribution in [2.24, 2.45) is 45.8 Å². The summed E-state index contributed by atoms with van der Waals surface area (Å²) in [4.78, 5) is 0. The lowest BCUT2D eigenvalue weighted by molar-refractivity contribution is -0.105. The van der Waals surface area contributed by atoms with E-state index in [-0.39, 0.29) is 0 Å². The number of rotatable bonds is 1. The van der Waals surface area contributed by atoms with Crippen LogP contribution in [0.2, 0.25) is 0 Å². The average Bonchev–Trinajstić information content (AvgIpc) is 3.29. The van der Waals surface area contributed by atoms with Crippen molar-refractivity contribution in [3.63, 3.8) is 0 Å². The molecule has 0 saturated heterocycles. The van der Waals surface area contributed by atoms with Crippen LogP contribution < -0.4 is 0 Å². The van der Waals surface area contributed by atoms with Gasteiger partial charge in [0.25, 0.3) is 0 Å². The van der Waals surface area contributed by atoms with Gasteiger partial charge >= 0.3 is 0 Å². The van der Waals surface area contributed by atoms with E-state index in [1.807, 2.05) is 0 Å². The molecular weight excluding hydrogens is 276 g/mol. The SMILES string of the molecule is C[C@@H]1CC[C@H]2C[C@H]3[C@@](C)(CCC[C@]3(C)C3CC3)CC[C@@H]1C2(C)C. The molecule has 132 valence electrons.